The van der Waals surface area contributed by atoms with Gasteiger partial charge >= 0.3 is 0 Å². The van der Waals surface area contributed by atoms with E-state index in [9.17, 15) is 4.55 Å². The van der Waals surface area contributed by atoms with Crippen molar-refractivity contribution in [3.05, 3.63) is 83.6 Å². The zero-order chi connectivity index (χ0) is 22.0. The summed E-state index contributed by atoms with van der Waals surface area (Å²) in [6, 6.07) is 21.9. The Balaban J connectivity index is 1.77. The molecule has 0 radical (unpaired) electrons. The van der Waals surface area contributed by atoms with Crippen molar-refractivity contribution in [2.24, 2.45) is 4.40 Å². The van der Waals surface area contributed by atoms with Crippen LogP contribution in [0.15, 0.2) is 77.3 Å². The quantitative estimate of drug-likeness (QED) is 0.204. The highest BCUT2D eigenvalue weighted by Crippen LogP contribution is 2.35. The van der Waals surface area contributed by atoms with Gasteiger partial charge in [0.05, 0.1) is 17.4 Å². The fourth-order valence-electron chi connectivity index (χ4n) is 3.11. The van der Waals surface area contributed by atoms with Crippen molar-refractivity contribution < 1.29 is 4.55 Å². The minimum Gasteiger partial charge on any atom is -0.591 e. The Morgan fingerprint density at radius 1 is 0.968 bits per heavy atom. The van der Waals surface area contributed by atoms with Crippen molar-refractivity contribution in [1.29, 1.82) is 0 Å². The molecule has 4 nitrogen and oxygen atoms in total. The third kappa shape index (κ3) is 4.79. The molecule has 0 bridgehead atoms. The summed E-state index contributed by atoms with van der Waals surface area (Å²) < 4.78 is 16.0. The number of hydrogen-bond acceptors (Lipinski definition) is 4. The fourth-order valence-corrected chi connectivity index (χ4v) is 3.86. The molecule has 4 aromatic rings. The molecule has 156 valence electrons. The van der Waals surface area contributed by atoms with Gasteiger partial charge in [0.15, 0.2) is 0 Å². The Hall–Kier alpha value is -2.73. The van der Waals surface area contributed by atoms with Gasteiger partial charge in [0.2, 0.25) is 0 Å². The molecular weight excluding hydrogens is 426 g/mol. The summed E-state index contributed by atoms with van der Waals surface area (Å²) in [5.41, 5.74) is 5.55. The summed E-state index contributed by atoms with van der Waals surface area (Å²) in [6.45, 7) is 5.71. The van der Waals surface area contributed by atoms with E-state index >= 15 is 0 Å². The van der Waals surface area contributed by atoms with Crippen molar-refractivity contribution in [3.8, 4) is 22.4 Å². The van der Waals surface area contributed by atoms with Crippen LogP contribution in [0.2, 0.25) is 5.15 Å². The highest BCUT2D eigenvalue weighted by molar-refractivity contribution is 7.91. The molecule has 0 aliphatic heterocycles. The summed E-state index contributed by atoms with van der Waals surface area (Å²) in [6.07, 6.45) is 3.32. The zero-order valence-corrected chi connectivity index (χ0v) is 19.1. The van der Waals surface area contributed by atoms with Gasteiger partial charge in [0.1, 0.15) is 21.3 Å². The molecule has 6 heteroatoms. The van der Waals surface area contributed by atoms with Crippen LogP contribution in [0.25, 0.3) is 33.3 Å². The van der Waals surface area contributed by atoms with Crippen molar-refractivity contribution in [2.45, 2.75) is 25.5 Å². The molecule has 0 spiro atoms. The lowest BCUT2D eigenvalue weighted by Gasteiger charge is -2.17. The molecule has 2 heterocycles. The average molecular weight is 448 g/mol. The lowest BCUT2D eigenvalue weighted by atomic mass is 9.97. The third-order valence-electron chi connectivity index (χ3n) is 4.78. The monoisotopic (exact) mass is 447 g/mol. The van der Waals surface area contributed by atoms with E-state index in [4.69, 9.17) is 16.6 Å². The van der Waals surface area contributed by atoms with Crippen LogP contribution in [0.5, 0.6) is 0 Å². The fraction of sp³-hybridized carbons (Fsp3) is 0.160. The van der Waals surface area contributed by atoms with E-state index in [0.717, 1.165) is 38.9 Å². The second-order valence-corrected chi connectivity index (χ2v) is 10.4. The lowest BCUT2D eigenvalue weighted by molar-refractivity contribution is 0.562. The van der Waals surface area contributed by atoms with Crippen molar-refractivity contribution in [1.82, 2.24) is 9.97 Å². The van der Waals surface area contributed by atoms with Gasteiger partial charge in [-0.2, -0.15) is 0 Å². The first-order valence-corrected chi connectivity index (χ1v) is 11.4. The van der Waals surface area contributed by atoms with Crippen LogP contribution >= 0.6 is 11.6 Å². The Kier molecular flexibility index (Phi) is 6.10. The number of halogens is 1. The van der Waals surface area contributed by atoms with Gasteiger partial charge in [-0.1, -0.05) is 70.6 Å². The van der Waals surface area contributed by atoms with Gasteiger partial charge in [0.25, 0.3) is 0 Å². The van der Waals surface area contributed by atoms with Crippen LogP contribution in [0.4, 0.5) is 0 Å². The second kappa shape index (κ2) is 8.79. The highest BCUT2D eigenvalue weighted by Gasteiger charge is 2.25. The van der Waals surface area contributed by atoms with Gasteiger partial charge in [-0.25, -0.2) is 9.97 Å². The van der Waals surface area contributed by atoms with Crippen LogP contribution in [0.1, 0.15) is 26.3 Å². The predicted molar refractivity (Wildman–Crippen MR) is 131 cm³/mol. The maximum absolute atomic E-state index is 12.2. The van der Waals surface area contributed by atoms with Gasteiger partial charge < -0.3 is 4.55 Å². The number of nitrogens with zero attached hydrogens (tertiary/aromatic N) is 3. The molecule has 0 amide bonds. The second-order valence-electron chi connectivity index (χ2n) is 8.14. The maximum Gasteiger partial charge on any atom is 0.144 e. The lowest BCUT2D eigenvalue weighted by Crippen LogP contribution is -2.25. The minimum atomic E-state index is -1.29. The van der Waals surface area contributed by atoms with Gasteiger partial charge in [-0.3, -0.25) is 0 Å². The van der Waals surface area contributed by atoms with Crippen LogP contribution in [0.3, 0.4) is 0 Å². The first-order valence-electron chi connectivity index (χ1n) is 9.90. The number of fused-ring (bicyclic) bond motifs is 1. The number of aromatic nitrogens is 2. The molecule has 2 aromatic heterocycles. The van der Waals surface area contributed by atoms with E-state index in [1.165, 1.54) is 0 Å². The van der Waals surface area contributed by atoms with E-state index < -0.39 is 11.4 Å². The van der Waals surface area contributed by atoms with Gasteiger partial charge in [-0.05, 0) is 44.0 Å². The molecule has 0 N–H and O–H groups in total. The number of hydrogen-bond donors (Lipinski definition) is 0. The van der Waals surface area contributed by atoms with Crippen molar-refractivity contribution in [3.63, 3.8) is 0 Å². The number of rotatable bonds is 4. The van der Waals surface area contributed by atoms with E-state index in [1.54, 1.807) is 12.4 Å². The molecule has 1 atom stereocenters. The smallest absolute Gasteiger partial charge is 0.144 e. The van der Waals surface area contributed by atoms with Crippen LogP contribution < -0.4 is 0 Å². The maximum atomic E-state index is 12.2. The van der Waals surface area contributed by atoms with Crippen LogP contribution in [-0.4, -0.2) is 25.5 Å². The van der Waals surface area contributed by atoms with Crippen molar-refractivity contribution in [2.75, 3.05) is 0 Å². The molecule has 0 fully saturated rings. The normalized spacial score (nSPS) is 13.1. The molecule has 31 heavy (non-hydrogen) atoms. The Morgan fingerprint density at radius 3 is 2.35 bits per heavy atom. The number of pyridine rings is 2. The first-order chi connectivity index (χ1) is 14.8. The standard InChI is InChI=1S/C25H22ClN3OS/c1-25(2,3)31(30)28-16-17-9-11-19(12-10-17)23-20(18-7-5-4-6-8-18)15-21-22(29-23)13-14-27-24(21)26/h4-16H,1-3H3/b28-16+/t31-/m1/s1. The van der Waals surface area contributed by atoms with Gasteiger partial charge in [-0.15, -0.1) is 0 Å². The highest BCUT2D eigenvalue weighted by atomic mass is 35.5. The molecule has 4 rings (SSSR count). The summed E-state index contributed by atoms with van der Waals surface area (Å²) >= 11 is 5.05. The van der Waals surface area contributed by atoms with E-state index in [2.05, 4.69) is 21.5 Å². The Morgan fingerprint density at radius 2 is 1.68 bits per heavy atom. The summed E-state index contributed by atoms with van der Waals surface area (Å²) in [5, 5.41) is 1.26. The molecule has 0 aliphatic rings. The topological polar surface area (TPSA) is 61.2 Å². The van der Waals surface area contributed by atoms with E-state index in [0.29, 0.717) is 5.15 Å². The molecule has 0 unspecified atom stereocenters. The molecular formula is C25H22ClN3OS. The summed E-state index contributed by atoms with van der Waals surface area (Å²) in [5.74, 6) is 0. The Bertz CT molecular complexity index is 1240. The SMILES string of the molecule is CC(C)(C)[S@@+]([O-])/N=C/c1ccc(-c2nc3ccnc(Cl)c3cc2-c2ccccc2)cc1. The Labute approximate surface area is 190 Å². The largest absolute Gasteiger partial charge is 0.591 e. The van der Waals surface area contributed by atoms with Crippen LogP contribution in [0, 0.1) is 0 Å². The number of benzene rings is 2. The average Bonchev–Trinajstić information content (AvgIpc) is 2.77. The van der Waals surface area contributed by atoms with E-state index in [-0.39, 0.29) is 4.75 Å². The molecule has 0 aliphatic carbocycles. The first kappa shape index (κ1) is 21.5. The molecule has 2 aromatic carbocycles. The van der Waals surface area contributed by atoms with E-state index in [1.807, 2.05) is 75.4 Å². The summed E-state index contributed by atoms with van der Waals surface area (Å²) in [4.78, 5) is 9.11. The predicted octanol–water partition coefficient (Wildman–Crippen LogP) is 6.50. The summed E-state index contributed by atoms with van der Waals surface area (Å²) in [7, 11) is 0. The van der Waals surface area contributed by atoms with Gasteiger partial charge in [0, 0.05) is 22.7 Å². The minimum absolute atomic E-state index is 0.383. The molecule has 0 saturated carbocycles. The van der Waals surface area contributed by atoms with Crippen LogP contribution in [-0.2, 0) is 11.4 Å². The van der Waals surface area contributed by atoms with Crippen molar-refractivity contribution >= 4 is 40.1 Å². The molecule has 0 saturated heterocycles. The third-order valence-corrected chi connectivity index (χ3v) is 6.43. The zero-order valence-electron chi connectivity index (χ0n) is 17.5.